The number of ketones is 1. The molecule has 0 saturated carbocycles. The van der Waals surface area contributed by atoms with Crippen molar-refractivity contribution in [1.82, 2.24) is 5.01 Å². The summed E-state index contributed by atoms with van der Waals surface area (Å²) in [6.07, 6.45) is 3.11. The van der Waals surface area contributed by atoms with E-state index in [-0.39, 0.29) is 17.9 Å². The van der Waals surface area contributed by atoms with Crippen molar-refractivity contribution in [1.29, 1.82) is 0 Å². The Morgan fingerprint density at radius 2 is 1.92 bits per heavy atom. The lowest BCUT2D eigenvalue weighted by molar-refractivity contribution is -0.114. The maximum Gasteiger partial charge on any atom is 0.338 e. The Morgan fingerprint density at radius 3 is 2.62 bits per heavy atom. The number of halogens is 1. The van der Waals surface area contributed by atoms with Crippen LogP contribution in [0.2, 0.25) is 0 Å². The summed E-state index contributed by atoms with van der Waals surface area (Å²) in [5.41, 5.74) is 1.11. The maximum absolute atomic E-state index is 13.5. The molecule has 5 nitrogen and oxygen atoms in total. The Balaban J connectivity index is 1.89. The highest BCUT2D eigenvalue weighted by molar-refractivity contribution is 5.94. The predicted octanol–water partition coefficient (Wildman–Crippen LogP) is 2.84. The second-order valence-corrected chi connectivity index (χ2v) is 5.39. The minimum absolute atomic E-state index is 0.0274. The van der Waals surface area contributed by atoms with Crippen LogP contribution in [0.5, 0.6) is 0 Å². The first kappa shape index (κ1) is 15.7. The van der Waals surface area contributed by atoms with Gasteiger partial charge >= 0.3 is 5.97 Å². The summed E-state index contributed by atoms with van der Waals surface area (Å²) in [6.45, 7) is 0.507. The van der Waals surface area contributed by atoms with E-state index in [0.29, 0.717) is 12.1 Å². The molecule has 1 heterocycles. The molecule has 2 aromatic carbocycles. The number of carbonyl (C=O) groups is 2. The van der Waals surface area contributed by atoms with Gasteiger partial charge in [0.1, 0.15) is 12.4 Å². The molecule has 0 amide bonds. The summed E-state index contributed by atoms with van der Waals surface area (Å²) in [6, 6.07) is 13.4. The highest BCUT2D eigenvalue weighted by atomic mass is 19.1. The van der Waals surface area contributed by atoms with Crippen LogP contribution in [0.25, 0.3) is 0 Å². The normalized spacial score (nSPS) is 14.1. The van der Waals surface area contributed by atoms with E-state index in [1.807, 2.05) is 30.3 Å². The molecule has 0 aromatic heterocycles. The molecular formula is C18H15FN2O3. The number of anilines is 1. The van der Waals surface area contributed by atoms with Gasteiger partial charge in [-0.2, -0.15) is 0 Å². The zero-order chi connectivity index (χ0) is 17.1. The highest BCUT2D eigenvalue weighted by Crippen LogP contribution is 2.22. The Hall–Kier alpha value is -3.15. The van der Waals surface area contributed by atoms with E-state index in [1.165, 1.54) is 18.2 Å². The maximum atomic E-state index is 13.5. The molecule has 2 aromatic rings. The van der Waals surface area contributed by atoms with Crippen molar-refractivity contribution in [2.45, 2.75) is 6.54 Å². The second-order valence-electron chi connectivity index (χ2n) is 5.39. The van der Waals surface area contributed by atoms with Gasteiger partial charge in [-0.3, -0.25) is 14.8 Å². The highest BCUT2D eigenvalue weighted by Gasteiger charge is 2.21. The molecule has 1 N–H and O–H groups in total. The van der Waals surface area contributed by atoms with Crippen molar-refractivity contribution in [3.8, 4) is 0 Å². The lowest BCUT2D eigenvalue weighted by Gasteiger charge is -2.37. The summed E-state index contributed by atoms with van der Waals surface area (Å²) < 4.78 is 13.5. The van der Waals surface area contributed by atoms with Crippen molar-refractivity contribution in [3.05, 3.63) is 77.8 Å². The zero-order valence-corrected chi connectivity index (χ0v) is 12.7. The third-order valence-electron chi connectivity index (χ3n) is 3.71. The first-order valence-corrected chi connectivity index (χ1v) is 7.36. The molecule has 1 aliphatic heterocycles. The van der Waals surface area contributed by atoms with Gasteiger partial charge in [0.2, 0.25) is 0 Å². The summed E-state index contributed by atoms with van der Waals surface area (Å²) >= 11 is 0. The van der Waals surface area contributed by atoms with Crippen LogP contribution >= 0.6 is 0 Å². The van der Waals surface area contributed by atoms with Crippen LogP contribution in [-0.4, -0.2) is 28.4 Å². The Labute approximate surface area is 138 Å². The molecule has 0 fully saturated rings. The third-order valence-corrected chi connectivity index (χ3v) is 3.71. The molecule has 1 aliphatic rings. The minimum atomic E-state index is -1.31. The van der Waals surface area contributed by atoms with Crippen LogP contribution in [0.15, 0.2) is 60.8 Å². The lowest BCUT2D eigenvalue weighted by atomic mass is 10.1. The zero-order valence-electron chi connectivity index (χ0n) is 12.7. The quantitative estimate of drug-likeness (QED) is 0.936. The number of hydrogen-bond acceptors (Lipinski definition) is 4. The van der Waals surface area contributed by atoms with Crippen molar-refractivity contribution >= 4 is 17.4 Å². The van der Waals surface area contributed by atoms with Crippen molar-refractivity contribution < 1.29 is 19.1 Å². The van der Waals surface area contributed by atoms with Gasteiger partial charge in [-0.1, -0.05) is 24.3 Å². The molecule has 0 atom stereocenters. The van der Waals surface area contributed by atoms with Gasteiger partial charge in [0.05, 0.1) is 17.8 Å². The monoisotopic (exact) mass is 326 g/mol. The van der Waals surface area contributed by atoms with E-state index in [0.717, 1.165) is 11.8 Å². The molecular weight excluding hydrogens is 311 g/mol. The molecule has 6 heteroatoms. The van der Waals surface area contributed by atoms with Gasteiger partial charge in [0.25, 0.3) is 0 Å². The Bertz CT molecular complexity index is 805. The van der Waals surface area contributed by atoms with Gasteiger partial charge in [-0.05, 0) is 29.8 Å². The Kier molecular flexibility index (Phi) is 4.29. The summed E-state index contributed by atoms with van der Waals surface area (Å²) in [5.74, 6) is -2.10. The van der Waals surface area contributed by atoms with E-state index >= 15 is 0 Å². The number of rotatable bonds is 4. The van der Waals surface area contributed by atoms with Crippen LogP contribution in [-0.2, 0) is 11.3 Å². The molecule has 0 saturated heterocycles. The fraction of sp³-hybridized carbons (Fsp3) is 0.111. The number of para-hydroxylation sites is 1. The number of hydrazine groups is 1. The number of carbonyl (C=O) groups excluding carboxylic acids is 1. The SMILES string of the molecule is O=C1C=CN(Cc2ccc(F)c(C(=O)O)c2)N(c2ccccc2)C1. The van der Waals surface area contributed by atoms with Gasteiger partial charge in [-0.25, -0.2) is 9.18 Å². The molecule has 0 unspecified atom stereocenters. The van der Waals surface area contributed by atoms with E-state index in [4.69, 9.17) is 5.11 Å². The Morgan fingerprint density at radius 1 is 1.17 bits per heavy atom. The van der Waals surface area contributed by atoms with Gasteiger partial charge in [0, 0.05) is 12.3 Å². The van der Waals surface area contributed by atoms with Crippen molar-refractivity contribution in [2.75, 3.05) is 11.6 Å². The lowest BCUT2D eigenvalue weighted by Crippen LogP contribution is -2.44. The molecule has 3 rings (SSSR count). The first-order chi connectivity index (χ1) is 11.5. The molecule has 122 valence electrons. The summed E-state index contributed by atoms with van der Waals surface area (Å²) in [4.78, 5) is 22.8. The van der Waals surface area contributed by atoms with E-state index < -0.39 is 11.8 Å². The minimum Gasteiger partial charge on any atom is -0.478 e. The predicted molar refractivity (Wildman–Crippen MR) is 86.8 cm³/mol. The molecule has 0 aliphatic carbocycles. The van der Waals surface area contributed by atoms with Gasteiger partial charge in [0.15, 0.2) is 5.78 Å². The third kappa shape index (κ3) is 3.27. The van der Waals surface area contributed by atoms with Crippen LogP contribution in [0.1, 0.15) is 15.9 Å². The standard InChI is InChI=1S/C18H15FN2O3/c19-17-7-6-13(10-16(17)18(23)24)11-20-9-8-15(22)12-21(20)14-4-2-1-3-5-14/h1-10H,11-12H2,(H,23,24). The number of carboxylic acid groups (broad SMARTS) is 1. The molecule has 0 radical (unpaired) electrons. The number of benzene rings is 2. The molecule has 0 spiro atoms. The van der Waals surface area contributed by atoms with Crippen molar-refractivity contribution in [3.63, 3.8) is 0 Å². The van der Waals surface area contributed by atoms with E-state index in [9.17, 15) is 14.0 Å². The summed E-state index contributed by atoms with van der Waals surface area (Å²) in [5, 5.41) is 12.6. The smallest absolute Gasteiger partial charge is 0.338 e. The average molecular weight is 326 g/mol. The average Bonchev–Trinajstić information content (AvgIpc) is 2.58. The van der Waals surface area contributed by atoms with Crippen LogP contribution < -0.4 is 5.01 Å². The molecule has 24 heavy (non-hydrogen) atoms. The fourth-order valence-corrected chi connectivity index (χ4v) is 2.54. The first-order valence-electron chi connectivity index (χ1n) is 7.36. The van der Waals surface area contributed by atoms with E-state index in [2.05, 4.69) is 0 Å². The topological polar surface area (TPSA) is 60.9 Å². The fourth-order valence-electron chi connectivity index (χ4n) is 2.54. The number of aromatic carboxylic acids is 1. The largest absolute Gasteiger partial charge is 0.478 e. The van der Waals surface area contributed by atoms with Gasteiger partial charge in [-0.15, -0.1) is 0 Å². The van der Waals surface area contributed by atoms with Crippen molar-refractivity contribution in [2.24, 2.45) is 0 Å². The van der Waals surface area contributed by atoms with Crippen LogP contribution in [0.4, 0.5) is 10.1 Å². The number of hydrogen-bond donors (Lipinski definition) is 1. The van der Waals surface area contributed by atoms with Crippen LogP contribution in [0.3, 0.4) is 0 Å². The van der Waals surface area contributed by atoms with Gasteiger partial charge < -0.3 is 5.11 Å². The van der Waals surface area contributed by atoms with Crippen LogP contribution in [0, 0.1) is 5.82 Å². The second kappa shape index (κ2) is 6.54. The molecule has 0 bridgehead atoms. The summed E-state index contributed by atoms with van der Waals surface area (Å²) in [7, 11) is 0. The number of nitrogens with zero attached hydrogens (tertiary/aromatic N) is 2. The number of carboxylic acids is 1. The van der Waals surface area contributed by atoms with E-state index in [1.54, 1.807) is 16.2 Å².